The van der Waals surface area contributed by atoms with E-state index >= 15 is 0 Å². The van der Waals surface area contributed by atoms with Gasteiger partial charge in [0.15, 0.2) is 0 Å². The van der Waals surface area contributed by atoms with Crippen LogP contribution in [0.15, 0.2) is 24.3 Å². The van der Waals surface area contributed by atoms with Gasteiger partial charge in [-0.3, -0.25) is 0 Å². The molecule has 0 bridgehead atoms. The Morgan fingerprint density at radius 2 is 2.08 bits per heavy atom. The van der Waals surface area contributed by atoms with Gasteiger partial charge in [0.25, 0.3) is 0 Å². The largest absolute Gasteiger partial charge is 0.207 e. The number of allylic oxidation sites excluding steroid dienone is 1. The molecule has 1 rings (SSSR count). The van der Waals surface area contributed by atoms with E-state index in [1.807, 2.05) is 0 Å². The molecule has 3 heteroatoms. The van der Waals surface area contributed by atoms with Gasteiger partial charge in [0.1, 0.15) is 11.6 Å². The van der Waals surface area contributed by atoms with E-state index in [9.17, 15) is 8.78 Å². The highest BCUT2D eigenvalue weighted by Gasteiger charge is 1.98. The Morgan fingerprint density at radius 3 is 2.69 bits per heavy atom. The number of hydrogen-bond acceptors (Lipinski definition) is 0. The molecule has 0 saturated carbocycles. The van der Waals surface area contributed by atoms with Gasteiger partial charge in [-0.2, -0.15) is 0 Å². The second kappa shape index (κ2) is 4.97. The van der Waals surface area contributed by atoms with E-state index < -0.39 is 11.6 Å². The molecule has 0 N–H and O–H groups in total. The van der Waals surface area contributed by atoms with E-state index in [1.54, 1.807) is 12.2 Å². The minimum Gasteiger partial charge on any atom is -0.207 e. The molecule has 1 aromatic carbocycles. The molecule has 0 fully saturated rings. The summed E-state index contributed by atoms with van der Waals surface area (Å²) in [5.41, 5.74) is 0.381. The molecule has 70 valence electrons. The van der Waals surface area contributed by atoms with Crippen LogP contribution in [0.4, 0.5) is 8.78 Å². The first-order valence-electron chi connectivity index (χ1n) is 3.91. The maximum atomic E-state index is 13.0. The van der Waals surface area contributed by atoms with E-state index in [-0.39, 0.29) is 0 Å². The van der Waals surface area contributed by atoms with Crippen molar-refractivity contribution in [3.8, 4) is 0 Å². The highest BCUT2D eigenvalue weighted by molar-refractivity contribution is 6.17. The van der Waals surface area contributed by atoms with Crippen LogP contribution < -0.4 is 0 Å². The standard InChI is InChI=1S/C10H9ClF2/c11-6-2-1-3-8-4-5-9(12)7-10(8)13/h1,3-5,7H,2,6H2/b3-1+. The zero-order valence-corrected chi connectivity index (χ0v) is 7.69. The van der Waals surface area contributed by atoms with E-state index in [1.165, 1.54) is 12.1 Å². The summed E-state index contributed by atoms with van der Waals surface area (Å²) in [6.07, 6.45) is 4.03. The molecule has 0 aromatic heterocycles. The van der Waals surface area contributed by atoms with Gasteiger partial charge >= 0.3 is 0 Å². The molecule has 0 spiro atoms. The average molecular weight is 203 g/mol. The van der Waals surface area contributed by atoms with Gasteiger partial charge in [-0.25, -0.2) is 8.78 Å². The van der Waals surface area contributed by atoms with Gasteiger partial charge in [0.2, 0.25) is 0 Å². The fraction of sp³-hybridized carbons (Fsp3) is 0.200. The molecule has 0 aliphatic heterocycles. The van der Waals surface area contributed by atoms with Crippen molar-refractivity contribution in [2.45, 2.75) is 6.42 Å². The molecule has 0 atom stereocenters. The van der Waals surface area contributed by atoms with Crippen LogP contribution in [-0.4, -0.2) is 5.88 Å². The first-order valence-corrected chi connectivity index (χ1v) is 4.45. The van der Waals surface area contributed by atoms with Crippen molar-refractivity contribution >= 4 is 17.7 Å². The second-order valence-electron chi connectivity index (χ2n) is 2.55. The Labute approximate surface area is 80.8 Å². The van der Waals surface area contributed by atoms with E-state index in [0.29, 0.717) is 17.9 Å². The van der Waals surface area contributed by atoms with Crippen LogP contribution in [0.3, 0.4) is 0 Å². The van der Waals surface area contributed by atoms with Gasteiger partial charge in [0, 0.05) is 17.5 Å². The summed E-state index contributed by atoms with van der Waals surface area (Å²) in [5.74, 6) is -0.614. The molecule has 0 unspecified atom stereocenters. The summed E-state index contributed by atoms with van der Waals surface area (Å²) in [6, 6.07) is 3.49. The molecule has 1 aromatic rings. The zero-order chi connectivity index (χ0) is 9.68. The molecule has 13 heavy (non-hydrogen) atoms. The lowest BCUT2D eigenvalue weighted by Gasteiger charge is -1.95. The third-order valence-corrected chi connectivity index (χ3v) is 1.75. The van der Waals surface area contributed by atoms with Gasteiger partial charge in [-0.05, 0) is 18.6 Å². The topological polar surface area (TPSA) is 0 Å². The summed E-state index contributed by atoms with van der Waals surface area (Å²) in [4.78, 5) is 0. The Balaban J connectivity index is 2.77. The first-order chi connectivity index (χ1) is 6.24. The van der Waals surface area contributed by atoms with Crippen molar-refractivity contribution in [3.05, 3.63) is 41.5 Å². The Kier molecular flexibility index (Phi) is 3.90. The molecule has 0 aliphatic carbocycles. The highest BCUT2D eigenvalue weighted by Crippen LogP contribution is 2.11. The SMILES string of the molecule is Fc1ccc(/C=C/CCCl)c(F)c1. The number of hydrogen-bond donors (Lipinski definition) is 0. The van der Waals surface area contributed by atoms with Gasteiger partial charge in [-0.1, -0.05) is 12.2 Å². The smallest absolute Gasteiger partial charge is 0.133 e. The van der Waals surface area contributed by atoms with Crippen LogP contribution in [-0.2, 0) is 0 Å². The summed E-state index contributed by atoms with van der Waals surface area (Å²) in [5, 5.41) is 0. The maximum absolute atomic E-state index is 13.0. The Morgan fingerprint density at radius 1 is 1.31 bits per heavy atom. The fourth-order valence-electron chi connectivity index (χ4n) is 0.910. The maximum Gasteiger partial charge on any atom is 0.133 e. The van der Waals surface area contributed by atoms with Crippen LogP contribution in [0.5, 0.6) is 0 Å². The normalized spacial score (nSPS) is 11.0. The van der Waals surface area contributed by atoms with Crippen LogP contribution in [0.1, 0.15) is 12.0 Å². The minimum absolute atomic E-state index is 0.381. The molecular formula is C10H9ClF2. The van der Waals surface area contributed by atoms with Crippen molar-refractivity contribution in [2.24, 2.45) is 0 Å². The molecule has 0 saturated heterocycles. The predicted octanol–water partition coefficient (Wildman–Crippen LogP) is 3.61. The van der Waals surface area contributed by atoms with Crippen molar-refractivity contribution < 1.29 is 8.78 Å². The van der Waals surface area contributed by atoms with Crippen molar-refractivity contribution in [3.63, 3.8) is 0 Å². The van der Waals surface area contributed by atoms with E-state index in [4.69, 9.17) is 11.6 Å². The molecule has 0 aliphatic rings. The van der Waals surface area contributed by atoms with Crippen LogP contribution in [0.25, 0.3) is 6.08 Å². The van der Waals surface area contributed by atoms with Crippen LogP contribution in [0, 0.1) is 11.6 Å². The zero-order valence-electron chi connectivity index (χ0n) is 6.93. The van der Waals surface area contributed by atoms with Crippen LogP contribution in [0.2, 0.25) is 0 Å². The lowest BCUT2D eigenvalue weighted by molar-refractivity contribution is 0.581. The summed E-state index contributed by atoms with van der Waals surface area (Å²) < 4.78 is 25.4. The summed E-state index contributed by atoms with van der Waals surface area (Å²) in [6.45, 7) is 0. The number of halogens is 3. The third-order valence-electron chi connectivity index (χ3n) is 1.54. The Hall–Kier alpha value is -0.890. The van der Waals surface area contributed by atoms with Gasteiger partial charge < -0.3 is 0 Å². The van der Waals surface area contributed by atoms with Crippen molar-refractivity contribution in [2.75, 3.05) is 5.88 Å². The minimum atomic E-state index is -0.563. The van der Waals surface area contributed by atoms with Crippen molar-refractivity contribution in [1.29, 1.82) is 0 Å². The second-order valence-corrected chi connectivity index (χ2v) is 2.92. The lowest BCUT2D eigenvalue weighted by atomic mass is 10.2. The van der Waals surface area contributed by atoms with Gasteiger partial charge in [0.05, 0.1) is 0 Å². The monoisotopic (exact) mass is 202 g/mol. The molecule has 0 nitrogen and oxygen atoms in total. The summed E-state index contributed by atoms with van der Waals surface area (Å²) in [7, 11) is 0. The third kappa shape index (κ3) is 3.15. The van der Waals surface area contributed by atoms with E-state index in [0.717, 1.165) is 6.07 Å². The quantitative estimate of drug-likeness (QED) is 0.657. The summed E-state index contributed by atoms with van der Waals surface area (Å²) >= 11 is 5.43. The highest BCUT2D eigenvalue weighted by atomic mass is 35.5. The first kappa shape index (κ1) is 10.2. The molecule has 0 amide bonds. The van der Waals surface area contributed by atoms with Crippen molar-refractivity contribution in [1.82, 2.24) is 0 Å². The Bertz CT molecular complexity index is 308. The number of rotatable bonds is 3. The number of benzene rings is 1. The molecule has 0 radical (unpaired) electrons. The van der Waals surface area contributed by atoms with Gasteiger partial charge in [-0.15, -0.1) is 11.6 Å². The molecule has 0 heterocycles. The van der Waals surface area contributed by atoms with E-state index in [2.05, 4.69) is 0 Å². The van der Waals surface area contributed by atoms with Crippen LogP contribution >= 0.6 is 11.6 Å². The fourth-order valence-corrected chi connectivity index (χ4v) is 1.04. The predicted molar refractivity (Wildman–Crippen MR) is 50.7 cm³/mol. The number of alkyl halides is 1. The molecular weight excluding hydrogens is 194 g/mol. The lowest BCUT2D eigenvalue weighted by Crippen LogP contribution is -1.83. The average Bonchev–Trinajstić information content (AvgIpc) is 2.09.